The number of nitrogens with zero attached hydrogens (tertiary/aromatic N) is 1. The minimum atomic E-state index is -0.128. The molecule has 0 aliphatic carbocycles. The highest BCUT2D eigenvalue weighted by Gasteiger charge is 2.15. The molecular weight excluding hydrogens is 267 g/mol. The van der Waals surface area contributed by atoms with Crippen LogP contribution in [0.5, 0.6) is 0 Å². The van der Waals surface area contributed by atoms with Gasteiger partial charge in [0.1, 0.15) is 5.82 Å². The highest BCUT2D eigenvalue weighted by molar-refractivity contribution is 5.25. The number of likely N-dealkylation sites (N-methyl/N-ethyl adjacent to an activating group) is 1. The third-order valence-electron chi connectivity index (χ3n) is 3.98. The summed E-state index contributed by atoms with van der Waals surface area (Å²) in [6.45, 7) is 8.56. The van der Waals surface area contributed by atoms with Crippen LogP contribution in [-0.4, -0.2) is 44.8 Å². The summed E-state index contributed by atoms with van der Waals surface area (Å²) in [7, 11) is 3.82. The first-order valence-electron chi connectivity index (χ1n) is 7.68. The van der Waals surface area contributed by atoms with Gasteiger partial charge in [0, 0.05) is 25.7 Å². The van der Waals surface area contributed by atoms with Crippen molar-refractivity contribution >= 4 is 0 Å². The molecule has 120 valence electrons. The molecule has 0 amide bonds. The van der Waals surface area contributed by atoms with Crippen molar-refractivity contribution in [2.75, 3.05) is 33.9 Å². The highest BCUT2D eigenvalue weighted by atomic mass is 19.1. The first kappa shape index (κ1) is 18.1. The van der Waals surface area contributed by atoms with Gasteiger partial charge in [-0.15, -0.1) is 0 Å². The van der Waals surface area contributed by atoms with Gasteiger partial charge in [0.25, 0.3) is 0 Å². The third kappa shape index (κ3) is 5.73. The molecular formula is C17H29FN2O. The largest absolute Gasteiger partial charge is 0.383 e. The van der Waals surface area contributed by atoms with Crippen LogP contribution in [0.3, 0.4) is 0 Å². The summed E-state index contributed by atoms with van der Waals surface area (Å²) >= 11 is 0. The molecule has 4 heteroatoms. The van der Waals surface area contributed by atoms with Gasteiger partial charge in [-0.2, -0.15) is 0 Å². The number of nitrogens with one attached hydrogen (secondary N) is 1. The van der Waals surface area contributed by atoms with Crippen LogP contribution in [0, 0.1) is 12.7 Å². The maximum absolute atomic E-state index is 13.8. The first-order valence-corrected chi connectivity index (χ1v) is 7.68. The molecule has 0 bridgehead atoms. The molecule has 1 aromatic carbocycles. The van der Waals surface area contributed by atoms with Crippen molar-refractivity contribution in [3.05, 3.63) is 35.1 Å². The zero-order valence-corrected chi connectivity index (χ0v) is 13.9. The van der Waals surface area contributed by atoms with Crippen molar-refractivity contribution in [1.29, 1.82) is 0 Å². The number of rotatable bonds is 9. The lowest BCUT2D eigenvalue weighted by molar-refractivity contribution is 0.113. The summed E-state index contributed by atoms with van der Waals surface area (Å²) in [5, 5.41) is 3.45. The molecule has 21 heavy (non-hydrogen) atoms. The Kier molecular flexibility index (Phi) is 7.86. The quantitative estimate of drug-likeness (QED) is 0.757. The van der Waals surface area contributed by atoms with E-state index in [1.54, 1.807) is 20.1 Å². The van der Waals surface area contributed by atoms with Gasteiger partial charge in [0.15, 0.2) is 0 Å². The molecule has 0 spiro atoms. The highest BCUT2D eigenvalue weighted by Crippen LogP contribution is 2.20. The van der Waals surface area contributed by atoms with E-state index in [0.29, 0.717) is 11.6 Å². The summed E-state index contributed by atoms with van der Waals surface area (Å²) in [4.78, 5) is 2.28. The molecule has 2 atom stereocenters. The Hall–Kier alpha value is -0.970. The van der Waals surface area contributed by atoms with Gasteiger partial charge in [-0.3, -0.25) is 0 Å². The summed E-state index contributed by atoms with van der Waals surface area (Å²) in [5.41, 5.74) is 1.72. The van der Waals surface area contributed by atoms with Gasteiger partial charge in [-0.25, -0.2) is 4.39 Å². The predicted octanol–water partition coefficient (Wildman–Crippen LogP) is 3.14. The maximum atomic E-state index is 13.8. The minimum Gasteiger partial charge on any atom is -0.383 e. The number of benzene rings is 1. The van der Waals surface area contributed by atoms with Crippen LogP contribution < -0.4 is 5.32 Å². The Morgan fingerprint density at radius 2 is 2.10 bits per heavy atom. The topological polar surface area (TPSA) is 24.5 Å². The molecule has 2 unspecified atom stereocenters. The minimum absolute atomic E-state index is 0.128. The van der Waals surface area contributed by atoms with Crippen LogP contribution in [0.15, 0.2) is 18.2 Å². The lowest BCUT2D eigenvalue weighted by atomic mass is 10.0. The van der Waals surface area contributed by atoms with Gasteiger partial charge in [-0.05, 0) is 51.1 Å². The second kappa shape index (κ2) is 9.13. The molecule has 0 aliphatic heterocycles. The first-order chi connectivity index (χ1) is 9.99. The summed E-state index contributed by atoms with van der Waals surface area (Å²) in [6, 6.07) is 6.09. The van der Waals surface area contributed by atoms with Crippen molar-refractivity contribution in [2.24, 2.45) is 0 Å². The standard InChI is InChI=1S/C17H29FN2O/c1-6-19-17(9-10-20(4)14(3)12-21-5)15-8-7-13(2)16(18)11-15/h7-8,11,14,17,19H,6,9-10,12H2,1-5H3. The van der Waals surface area contributed by atoms with Crippen LogP contribution in [-0.2, 0) is 4.74 Å². The fraction of sp³-hybridized carbons (Fsp3) is 0.647. The van der Waals surface area contributed by atoms with Gasteiger partial charge in [0.2, 0.25) is 0 Å². The maximum Gasteiger partial charge on any atom is 0.126 e. The van der Waals surface area contributed by atoms with E-state index in [1.165, 1.54) is 0 Å². The predicted molar refractivity (Wildman–Crippen MR) is 86.1 cm³/mol. The van der Waals surface area contributed by atoms with E-state index in [0.717, 1.165) is 31.7 Å². The molecule has 1 aromatic rings. The van der Waals surface area contributed by atoms with Crippen LogP contribution in [0.25, 0.3) is 0 Å². The Bertz CT molecular complexity index is 425. The SMILES string of the molecule is CCNC(CCN(C)C(C)COC)c1ccc(C)c(F)c1. The van der Waals surface area contributed by atoms with Crippen LogP contribution >= 0.6 is 0 Å². The van der Waals surface area contributed by atoms with Gasteiger partial charge in [-0.1, -0.05) is 19.1 Å². The van der Waals surface area contributed by atoms with Gasteiger partial charge < -0.3 is 15.0 Å². The van der Waals surface area contributed by atoms with Crippen molar-refractivity contribution in [3.63, 3.8) is 0 Å². The van der Waals surface area contributed by atoms with Gasteiger partial charge in [0.05, 0.1) is 6.61 Å². The van der Waals surface area contributed by atoms with E-state index in [-0.39, 0.29) is 11.9 Å². The zero-order chi connectivity index (χ0) is 15.8. The summed E-state index contributed by atoms with van der Waals surface area (Å²) in [6.07, 6.45) is 0.945. The lowest BCUT2D eigenvalue weighted by Gasteiger charge is -2.27. The number of hydrogen-bond donors (Lipinski definition) is 1. The third-order valence-corrected chi connectivity index (χ3v) is 3.98. The smallest absolute Gasteiger partial charge is 0.126 e. The number of methoxy groups -OCH3 is 1. The Morgan fingerprint density at radius 1 is 1.38 bits per heavy atom. The van der Waals surface area contributed by atoms with Crippen LogP contribution in [0.4, 0.5) is 4.39 Å². The monoisotopic (exact) mass is 296 g/mol. The fourth-order valence-corrected chi connectivity index (χ4v) is 2.38. The van der Waals surface area contributed by atoms with Gasteiger partial charge >= 0.3 is 0 Å². The average Bonchev–Trinajstić information content (AvgIpc) is 2.46. The molecule has 0 aliphatic rings. The van der Waals surface area contributed by atoms with E-state index in [2.05, 4.69) is 31.1 Å². The van der Waals surface area contributed by atoms with E-state index in [4.69, 9.17) is 4.74 Å². The molecule has 0 saturated carbocycles. The second-order valence-corrected chi connectivity index (χ2v) is 5.69. The molecule has 0 saturated heterocycles. The van der Waals surface area contributed by atoms with Crippen LogP contribution in [0.1, 0.15) is 37.4 Å². The van der Waals surface area contributed by atoms with E-state index in [1.807, 2.05) is 12.1 Å². The molecule has 0 radical (unpaired) electrons. The van der Waals surface area contributed by atoms with Crippen LogP contribution in [0.2, 0.25) is 0 Å². The van der Waals surface area contributed by atoms with E-state index < -0.39 is 0 Å². The molecule has 1 rings (SSSR count). The second-order valence-electron chi connectivity index (χ2n) is 5.69. The zero-order valence-electron chi connectivity index (χ0n) is 13.9. The van der Waals surface area contributed by atoms with Crippen molar-refractivity contribution < 1.29 is 9.13 Å². The summed E-state index contributed by atoms with van der Waals surface area (Å²) < 4.78 is 18.9. The molecule has 1 N–H and O–H groups in total. The number of ether oxygens (including phenoxy) is 1. The normalized spacial score (nSPS) is 14.4. The van der Waals surface area contributed by atoms with E-state index in [9.17, 15) is 4.39 Å². The average molecular weight is 296 g/mol. The Labute approximate surface area is 128 Å². The number of hydrogen-bond acceptors (Lipinski definition) is 3. The Morgan fingerprint density at radius 3 is 2.67 bits per heavy atom. The van der Waals surface area contributed by atoms with Crippen molar-refractivity contribution in [2.45, 2.75) is 39.3 Å². The summed E-state index contributed by atoms with van der Waals surface area (Å²) in [5.74, 6) is -0.128. The fourth-order valence-electron chi connectivity index (χ4n) is 2.38. The molecule has 3 nitrogen and oxygen atoms in total. The van der Waals surface area contributed by atoms with Crippen molar-refractivity contribution in [3.8, 4) is 0 Å². The van der Waals surface area contributed by atoms with E-state index >= 15 is 0 Å². The molecule has 0 aromatic heterocycles. The lowest BCUT2D eigenvalue weighted by Crippen LogP contribution is -2.35. The number of aryl methyl sites for hydroxylation is 1. The Balaban J connectivity index is 2.67. The molecule has 0 fully saturated rings. The number of halogens is 1. The van der Waals surface area contributed by atoms with Crippen molar-refractivity contribution in [1.82, 2.24) is 10.2 Å². The molecule has 0 heterocycles.